The van der Waals surface area contributed by atoms with Crippen molar-refractivity contribution in [1.29, 1.82) is 0 Å². The first-order valence-electron chi connectivity index (χ1n) is 6.97. The molecule has 2 fully saturated rings. The summed E-state index contributed by atoms with van der Waals surface area (Å²) in [6.07, 6.45) is 9.50. The second kappa shape index (κ2) is 4.36. The Hall–Kier alpha value is -0.860. The zero-order valence-corrected chi connectivity index (χ0v) is 10.7. The molecule has 0 bridgehead atoms. The number of fused-ring (bicyclic) bond motifs is 3. The van der Waals surface area contributed by atoms with Gasteiger partial charge in [-0.2, -0.15) is 0 Å². The van der Waals surface area contributed by atoms with Gasteiger partial charge in [-0.25, -0.2) is 0 Å². The molecule has 2 N–H and O–H groups in total. The second-order valence-electron chi connectivity index (χ2n) is 6.12. The molecule has 8 atom stereocenters. The maximum atomic E-state index is 10.3. The van der Waals surface area contributed by atoms with Gasteiger partial charge in [0.15, 0.2) is 0 Å². The fraction of sp³-hybridized carbons (Fsp3) is 0.625. The highest BCUT2D eigenvalue weighted by Crippen LogP contribution is 2.54. The molecule has 3 aliphatic rings. The largest absolute Gasteiger partial charge is 0.392 e. The summed E-state index contributed by atoms with van der Waals surface area (Å²) < 4.78 is 0. The van der Waals surface area contributed by atoms with Crippen LogP contribution < -0.4 is 0 Å². The lowest BCUT2D eigenvalue weighted by molar-refractivity contribution is 0.0813. The lowest BCUT2D eigenvalue weighted by Crippen LogP contribution is -2.32. The zero-order valence-electron chi connectivity index (χ0n) is 10.7. The molecule has 2 nitrogen and oxygen atoms in total. The van der Waals surface area contributed by atoms with Crippen molar-refractivity contribution in [1.82, 2.24) is 0 Å². The summed E-state index contributed by atoms with van der Waals surface area (Å²) in [6.45, 7) is 7.67. The minimum absolute atomic E-state index is 0.211. The molecule has 0 aromatic rings. The van der Waals surface area contributed by atoms with Crippen molar-refractivity contribution in [2.24, 2.45) is 35.5 Å². The van der Waals surface area contributed by atoms with Gasteiger partial charge in [-0.1, -0.05) is 24.3 Å². The van der Waals surface area contributed by atoms with Crippen molar-refractivity contribution < 1.29 is 10.2 Å². The lowest BCUT2D eigenvalue weighted by atomic mass is 9.73. The first kappa shape index (κ1) is 12.2. The molecule has 98 valence electrons. The fourth-order valence-corrected chi connectivity index (χ4v) is 4.46. The quantitative estimate of drug-likeness (QED) is 0.733. The molecule has 3 aliphatic carbocycles. The van der Waals surface area contributed by atoms with Crippen molar-refractivity contribution in [3.05, 3.63) is 37.5 Å². The maximum absolute atomic E-state index is 10.3. The zero-order chi connectivity index (χ0) is 12.9. The van der Waals surface area contributed by atoms with Crippen LogP contribution in [0.15, 0.2) is 37.5 Å². The predicted molar refractivity (Wildman–Crippen MR) is 71.7 cm³/mol. The van der Waals surface area contributed by atoms with E-state index in [1.165, 1.54) is 0 Å². The molecule has 0 saturated heterocycles. The molecule has 2 heteroatoms. The molecule has 0 aliphatic heterocycles. The van der Waals surface area contributed by atoms with Gasteiger partial charge in [-0.05, 0) is 24.7 Å². The normalized spacial score (nSPS) is 53.9. The van der Waals surface area contributed by atoms with Gasteiger partial charge in [0.2, 0.25) is 0 Å². The number of aliphatic hydroxyl groups is 2. The van der Waals surface area contributed by atoms with E-state index >= 15 is 0 Å². The molecule has 0 aromatic heterocycles. The Bertz CT molecular complexity index is 351. The van der Waals surface area contributed by atoms with E-state index in [2.05, 4.69) is 25.3 Å². The summed E-state index contributed by atoms with van der Waals surface area (Å²) in [5, 5.41) is 20.6. The van der Waals surface area contributed by atoms with E-state index < -0.39 is 0 Å². The molecule has 0 amide bonds. The Morgan fingerprint density at radius 1 is 0.833 bits per heavy atom. The average molecular weight is 246 g/mol. The highest BCUT2D eigenvalue weighted by atomic mass is 16.3. The Labute approximate surface area is 109 Å². The number of hydrogen-bond donors (Lipinski definition) is 2. The fourth-order valence-electron chi connectivity index (χ4n) is 4.46. The van der Waals surface area contributed by atoms with E-state index in [1.54, 1.807) is 0 Å². The monoisotopic (exact) mass is 246 g/mol. The summed E-state index contributed by atoms with van der Waals surface area (Å²) >= 11 is 0. The van der Waals surface area contributed by atoms with Crippen LogP contribution in [0.25, 0.3) is 0 Å². The number of rotatable bonds is 2. The molecule has 0 radical (unpaired) electrons. The van der Waals surface area contributed by atoms with Crippen LogP contribution in [0, 0.1) is 35.5 Å². The SMILES string of the molecule is C=C[C@@H]1C[C@@H]2[C@H](C=C[C@@H]3[C@@H](O)[C@H](C=C)C[C@@H]32)[C@H]1O. The summed E-state index contributed by atoms with van der Waals surface area (Å²) in [6, 6.07) is 0. The molecular formula is C16H22O2. The third kappa shape index (κ3) is 1.55. The van der Waals surface area contributed by atoms with Gasteiger partial charge >= 0.3 is 0 Å². The third-order valence-corrected chi connectivity index (χ3v) is 5.45. The van der Waals surface area contributed by atoms with Crippen LogP contribution in [-0.2, 0) is 0 Å². The highest BCUT2D eigenvalue weighted by Gasteiger charge is 2.52. The van der Waals surface area contributed by atoms with E-state index in [4.69, 9.17) is 0 Å². The second-order valence-corrected chi connectivity index (χ2v) is 6.12. The van der Waals surface area contributed by atoms with Crippen LogP contribution in [0.2, 0.25) is 0 Å². The van der Waals surface area contributed by atoms with Crippen LogP contribution in [0.1, 0.15) is 12.8 Å². The average Bonchev–Trinajstić information content (AvgIpc) is 2.88. The van der Waals surface area contributed by atoms with Crippen molar-refractivity contribution in [3.63, 3.8) is 0 Å². The molecule has 0 unspecified atom stereocenters. The summed E-state index contributed by atoms with van der Waals surface area (Å²) in [5.74, 6) is 1.93. The van der Waals surface area contributed by atoms with Gasteiger partial charge in [0.25, 0.3) is 0 Å². The van der Waals surface area contributed by atoms with E-state index in [1.807, 2.05) is 12.2 Å². The first-order valence-corrected chi connectivity index (χ1v) is 6.97. The smallest absolute Gasteiger partial charge is 0.0668 e. The Morgan fingerprint density at radius 3 is 1.56 bits per heavy atom. The van der Waals surface area contributed by atoms with Crippen molar-refractivity contribution in [3.8, 4) is 0 Å². The van der Waals surface area contributed by atoms with Crippen LogP contribution >= 0.6 is 0 Å². The molecule has 0 aromatic carbocycles. The van der Waals surface area contributed by atoms with Crippen LogP contribution in [-0.4, -0.2) is 22.4 Å². The lowest BCUT2D eigenvalue weighted by Gasteiger charge is -2.33. The molecular weight excluding hydrogens is 224 g/mol. The third-order valence-electron chi connectivity index (χ3n) is 5.45. The van der Waals surface area contributed by atoms with Gasteiger partial charge in [-0.15, -0.1) is 13.2 Å². The molecule has 0 heterocycles. The van der Waals surface area contributed by atoms with Crippen LogP contribution in [0.3, 0.4) is 0 Å². The van der Waals surface area contributed by atoms with E-state index in [9.17, 15) is 10.2 Å². The number of hydrogen-bond acceptors (Lipinski definition) is 2. The van der Waals surface area contributed by atoms with Gasteiger partial charge in [0.05, 0.1) is 12.2 Å². The van der Waals surface area contributed by atoms with Gasteiger partial charge in [-0.3, -0.25) is 0 Å². The van der Waals surface area contributed by atoms with Gasteiger partial charge in [0.1, 0.15) is 0 Å². The van der Waals surface area contributed by atoms with E-state index in [0.29, 0.717) is 11.8 Å². The molecule has 18 heavy (non-hydrogen) atoms. The first-order chi connectivity index (χ1) is 8.67. The number of aliphatic hydroxyl groups excluding tert-OH is 2. The maximum Gasteiger partial charge on any atom is 0.0668 e. The molecule has 0 spiro atoms. The van der Waals surface area contributed by atoms with Gasteiger partial charge < -0.3 is 10.2 Å². The molecule has 2 saturated carbocycles. The Kier molecular flexibility index (Phi) is 2.95. The highest BCUT2D eigenvalue weighted by molar-refractivity contribution is 5.18. The van der Waals surface area contributed by atoms with Crippen molar-refractivity contribution >= 4 is 0 Å². The topological polar surface area (TPSA) is 40.5 Å². The summed E-state index contributed by atoms with van der Waals surface area (Å²) in [5.41, 5.74) is 0. The van der Waals surface area contributed by atoms with Crippen molar-refractivity contribution in [2.45, 2.75) is 25.0 Å². The van der Waals surface area contributed by atoms with Crippen LogP contribution in [0.5, 0.6) is 0 Å². The Balaban J connectivity index is 1.88. The summed E-state index contributed by atoms with van der Waals surface area (Å²) in [4.78, 5) is 0. The minimum Gasteiger partial charge on any atom is -0.392 e. The van der Waals surface area contributed by atoms with Crippen molar-refractivity contribution in [2.75, 3.05) is 0 Å². The predicted octanol–water partition coefficient (Wildman–Crippen LogP) is 2.15. The van der Waals surface area contributed by atoms with E-state index in [0.717, 1.165) is 12.8 Å². The van der Waals surface area contributed by atoms with E-state index in [-0.39, 0.29) is 35.9 Å². The summed E-state index contributed by atoms with van der Waals surface area (Å²) in [7, 11) is 0. The van der Waals surface area contributed by atoms with Gasteiger partial charge in [0, 0.05) is 23.7 Å². The minimum atomic E-state index is -0.287. The Morgan fingerprint density at radius 2 is 1.22 bits per heavy atom. The van der Waals surface area contributed by atoms with Crippen LogP contribution in [0.4, 0.5) is 0 Å². The molecule has 3 rings (SSSR count). The standard InChI is InChI=1S/C16H22O2/c1-3-9-7-13-11(15(9)17)5-6-12-14(13)8-10(4-2)16(12)18/h3-6,9-18H,1-2,7-8H2/t9-,10-,11+,12+,13-,14+,15+,16+/m1/s1.